The Morgan fingerprint density at radius 3 is 2.41 bits per heavy atom. The minimum atomic E-state index is -4.44. The van der Waals surface area contributed by atoms with Crippen LogP contribution in [0.4, 0.5) is 13.2 Å². The van der Waals surface area contributed by atoms with E-state index in [0.717, 1.165) is 11.6 Å². The summed E-state index contributed by atoms with van der Waals surface area (Å²) in [6.45, 7) is 3.11. The summed E-state index contributed by atoms with van der Waals surface area (Å²) in [5.41, 5.74) is 0.00910. The minimum Gasteiger partial charge on any atom is -0.298 e. The number of ketones is 1. The van der Waals surface area contributed by atoms with Crippen LogP contribution in [-0.2, 0) is 17.4 Å². The largest absolute Gasteiger partial charge is 0.416 e. The molecule has 0 saturated carbocycles. The van der Waals surface area contributed by atoms with Crippen molar-refractivity contribution in [2.45, 2.75) is 31.3 Å². The van der Waals surface area contributed by atoms with E-state index in [1.807, 2.05) is 6.92 Å². The maximum Gasteiger partial charge on any atom is 0.416 e. The molecule has 0 aliphatic carbocycles. The van der Waals surface area contributed by atoms with Crippen molar-refractivity contribution < 1.29 is 18.0 Å². The van der Waals surface area contributed by atoms with Crippen molar-refractivity contribution in [1.82, 2.24) is 0 Å². The predicted molar refractivity (Wildman–Crippen MR) is 63.2 cm³/mol. The predicted octanol–water partition coefficient (Wildman–Crippen LogP) is 4.29. The monoisotopic (exact) mass is 308 g/mol. The number of hydrogen-bond donors (Lipinski definition) is 0. The molecule has 0 aliphatic rings. The van der Waals surface area contributed by atoms with Crippen molar-refractivity contribution in [3.8, 4) is 0 Å². The van der Waals surface area contributed by atoms with Gasteiger partial charge in [-0.05, 0) is 30.5 Å². The van der Waals surface area contributed by atoms with Gasteiger partial charge in [0.2, 0.25) is 0 Å². The number of alkyl halides is 4. The zero-order chi connectivity index (χ0) is 13.2. The van der Waals surface area contributed by atoms with E-state index in [1.54, 1.807) is 0 Å². The molecule has 1 aromatic rings. The van der Waals surface area contributed by atoms with E-state index < -0.39 is 16.6 Å². The van der Waals surface area contributed by atoms with E-state index >= 15 is 0 Å². The van der Waals surface area contributed by atoms with Gasteiger partial charge in [0.05, 0.1) is 10.4 Å². The van der Waals surface area contributed by atoms with Crippen molar-refractivity contribution in [3.63, 3.8) is 0 Å². The summed E-state index contributed by atoms with van der Waals surface area (Å²) in [4.78, 5) is 10.3. The van der Waals surface area contributed by atoms with Crippen LogP contribution in [0.2, 0.25) is 0 Å². The number of Topliss-reactive ketones (excluding diaryl/α,β-unsaturated/α-hetero) is 1. The van der Waals surface area contributed by atoms with Crippen molar-refractivity contribution in [2.75, 3.05) is 0 Å². The fourth-order valence-corrected chi connectivity index (χ4v) is 1.90. The van der Waals surface area contributed by atoms with Gasteiger partial charge in [0, 0.05) is 0 Å². The summed E-state index contributed by atoms with van der Waals surface area (Å²) in [5.74, 6) is -0.344. The van der Waals surface area contributed by atoms with Gasteiger partial charge in [-0.2, -0.15) is 13.2 Å². The fraction of sp³-hybridized carbons (Fsp3) is 0.417. The smallest absolute Gasteiger partial charge is 0.298 e. The number of aryl methyl sites for hydroxylation is 1. The zero-order valence-electron chi connectivity index (χ0n) is 9.44. The molecule has 0 bridgehead atoms. The van der Waals surface area contributed by atoms with Crippen LogP contribution >= 0.6 is 15.9 Å². The number of benzene rings is 1. The van der Waals surface area contributed by atoms with Crippen LogP contribution < -0.4 is 0 Å². The van der Waals surface area contributed by atoms with Gasteiger partial charge in [0.1, 0.15) is 5.78 Å². The molecule has 1 nitrogen and oxygen atoms in total. The van der Waals surface area contributed by atoms with Crippen molar-refractivity contribution in [3.05, 3.63) is 34.9 Å². The summed E-state index contributed by atoms with van der Waals surface area (Å²) in [6, 6.07) is 3.90. The van der Waals surface area contributed by atoms with E-state index in [2.05, 4.69) is 15.9 Å². The Balaban J connectivity index is 3.36. The number of carbonyl (C=O) groups is 1. The standard InChI is InChI=1S/C12H12BrF3O/c1-3-8-4-5-10(12(14,15)16)9(6-8)11(13)7(2)17/h4-6,11H,3H2,1-2H3. The zero-order valence-corrected chi connectivity index (χ0v) is 11.0. The number of hydrogen-bond acceptors (Lipinski definition) is 1. The molecule has 1 unspecified atom stereocenters. The SMILES string of the molecule is CCc1ccc(C(F)(F)F)c(C(Br)C(C)=O)c1. The first-order valence-corrected chi connectivity index (χ1v) is 6.03. The molecular weight excluding hydrogens is 297 g/mol. The Bertz CT molecular complexity index is 426. The third-order valence-corrected chi connectivity index (χ3v) is 3.60. The van der Waals surface area contributed by atoms with Gasteiger partial charge < -0.3 is 0 Å². The van der Waals surface area contributed by atoms with Crippen LogP contribution in [0.1, 0.15) is 35.4 Å². The molecule has 0 radical (unpaired) electrons. The summed E-state index contributed by atoms with van der Waals surface area (Å²) in [7, 11) is 0. The molecule has 0 spiro atoms. The molecule has 0 aliphatic heterocycles. The van der Waals surface area contributed by atoms with E-state index in [9.17, 15) is 18.0 Å². The molecule has 0 saturated heterocycles. The Kier molecular flexibility index (Phi) is 4.36. The Morgan fingerprint density at radius 1 is 1.41 bits per heavy atom. The molecule has 17 heavy (non-hydrogen) atoms. The van der Waals surface area contributed by atoms with Crippen LogP contribution in [-0.4, -0.2) is 5.78 Å². The molecule has 1 aromatic carbocycles. The third-order valence-electron chi connectivity index (χ3n) is 2.46. The van der Waals surface area contributed by atoms with Crippen molar-refractivity contribution in [2.24, 2.45) is 0 Å². The lowest BCUT2D eigenvalue weighted by Crippen LogP contribution is -2.13. The van der Waals surface area contributed by atoms with Crippen LogP contribution in [0.3, 0.4) is 0 Å². The van der Waals surface area contributed by atoms with Crippen molar-refractivity contribution >= 4 is 21.7 Å². The van der Waals surface area contributed by atoms with Gasteiger partial charge in [-0.15, -0.1) is 0 Å². The molecule has 0 amide bonds. The Labute approximate surface area is 106 Å². The average molecular weight is 309 g/mol. The number of halogens is 4. The van der Waals surface area contributed by atoms with Crippen LogP contribution in [0.25, 0.3) is 0 Å². The summed E-state index contributed by atoms with van der Waals surface area (Å²) >= 11 is 3.01. The highest BCUT2D eigenvalue weighted by atomic mass is 79.9. The first-order valence-electron chi connectivity index (χ1n) is 5.12. The lowest BCUT2D eigenvalue weighted by molar-refractivity contribution is -0.138. The van der Waals surface area contributed by atoms with Gasteiger partial charge in [-0.25, -0.2) is 0 Å². The first-order chi connectivity index (χ1) is 7.77. The lowest BCUT2D eigenvalue weighted by Gasteiger charge is -2.16. The molecule has 0 fully saturated rings. The second-order valence-electron chi connectivity index (χ2n) is 3.75. The number of rotatable bonds is 3. The fourth-order valence-electron chi connectivity index (χ4n) is 1.52. The van der Waals surface area contributed by atoms with E-state index in [1.165, 1.54) is 19.1 Å². The van der Waals surface area contributed by atoms with Gasteiger partial charge >= 0.3 is 6.18 Å². The van der Waals surface area contributed by atoms with E-state index in [0.29, 0.717) is 6.42 Å². The number of carbonyl (C=O) groups excluding carboxylic acids is 1. The topological polar surface area (TPSA) is 17.1 Å². The molecule has 1 atom stereocenters. The van der Waals surface area contributed by atoms with Gasteiger partial charge in [0.25, 0.3) is 0 Å². The second kappa shape index (κ2) is 5.21. The minimum absolute atomic E-state index is 0.00986. The second-order valence-corrected chi connectivity index (χ2v) is 4.66. The van der Waals surface area contributed by atoms with Gasteiger partial charge in [-0.3, -0.25) is 4.79 Å². The normalized spacial score (nSPS) is 13.5. The average Bonchev–Trinajstić information content (AvgIpc) is 2.25. The summed E-state index contributed by atoms with van der Waals surface area (Å²) in [6.07, 6.45) is -3.81. The van der Waals surface area contributed by atoms with Gasteiger partial charge in [-0.1, -0.05) is 35.0 Å². The highest BCUT2D eigenvalue weighted by molar-refractivity contribution is 9.09. The molecule has 5 heteroatoms. The highest BCUT2D eigenvalue weighted by Gasteiger charge is 2.35. The Hall–Kier alpha value is -0.840. The molecule has 1 rings (SSSR count). The molecule has 0 N–H and O–H groups in total. The summed E-state index contributed by atoms with van der Waals surface area (Å²) < 4.78 is 38.3. The van der Waals surface area contributed by atoms with Crippen LogP contribution in [0.5, 0.6) is 0 Å². The van der Waals surface area contributed by atoms with E-state index in [-0.39, 0.29) is 11.3 Å². The molecule has 0 aromatic heterocycles. The Morgan fingerprint density at radius 2 is 2.00 bits per heavy atom. The van der Waals surface area contributed by atoms with Crippen molar-refractivity contribution in [1.29, 1.82) is 0 Å². The van der Waals surface area contributed by atoms with Gasteiger partial charge in [0.15, 0.2) is 0 Å². The quantitative estimate of drug-likeness (QED) is 0.761. The summed E-state index contributed by atoms with van der Waals surface area (Å²) in [5, 5.41) is 0. The van der Waals surface area contributed by atoms with Crippen LogP contribution in [0.15, 0.2) is 18.2 Å². The maximum absolute atomic E-state index is 12.8. The molecular formula is C12H12BrF3O. The van der Waals surface area contributed by atoms with E-state index in [4.69, 9.17) is 0 Å². The molecule has 0 heterocycles. The highest BCUT2D eigenvalue weighted by Crippen LogP contribution is 2.38. The van der Waals surface area contributed by atoms with Crippen LogP contribution in [0, 0.1) is 0 Å². The first kappa shape index (κ1) is 14.2. The maximum atomic E-state index is 12.8. The molecule has 94 valence electrons. The third kappa shape index (κ3) is 3.31. The lowest BCUT2D eigenvalue weighted by atomic mass is 9.98.